The Kier molecular flexibility index (Phi) is 6.89. The second-order valence-corrected chi connectivity index (χ2v) is 4.88. The summed E-state index contributed by atoms with van der Waals surface area (Å²) in [6.45, 7) is 5.10. The molecule has 19 heavy (non-hydrogen) atoms. The molecule has 0 radical (unpaired) electrons. The monoisotopic (exact) mass is 275 g/mol. The summed E-state index contributed by atoms with van der Waals surface area (Å²) < 4.78 is 14.0. The molecule has 0 aliphatic carbocycles. The first-order chi connectivity index (χ1) is 8.69. The van der Waals surface area contributed by atoms with Crippen molar-refractivity contribution in [2.45, 2.75) is 32.8 Å². The van der Waals surface area contributed by atoms with Crippen molar-refractivity contribution in [3.63, 3.8) is 0 Å². The number of nitrogens with one attached hydrogen (secondary N) is 1. The highest BCUT2D eigenvalue weighted by Gasteiger charge is 2.25. The standard InChI is InChI=1S/C12H21NO6/c1-12(2,3)19-11(16)13-7-8(10(15)18-5)6-9(14)17-4/h8H,6-7H2,1-5H3,(H,13,16). The van der Waals surface area contributed by atoms with E-state index in [1.54, 1.807) is 20.8 Å². The van der Waals surface area contributed by atoms with E-state index >= 15 is 0 Å². The van der Waals surface area contributed by atoms with Crippen LogP contribution in [0.5, 0.6) is 0 Å². The number of hydrogen-bond acceptors (Lipinski definition) is 6. The summed E-state index contributed by atoms with van der Waals surface area (Å²) in [4.78, 5) is 34.0. The Morgan fingerprint density at radius 3 is 2.11 bits per heavy atom. The Balaban J connectivity index is 4.38. The van der Waals surface area contributed by atoms with Crippen LogP contribution in [0.1, 0.15) is 27.2 Å². The highest BCUT2D eigenvalue weighted by molar-refractivity contribution is 5.80. The molecule has 0 rings (SSSR count). The fourth-order valence-corrected chi connectivity index (χ4v) is 1.21. The lowest BCUT2D eigenvalue weighted by Crippen LogP contribution is -2.38. The van der Waals surface area contributed by atoms with Gasteiger partial charge in [0.15, 0.2) is 0 Å². The van der Waals surface area contributed by atoms with E-state index in [0.29, 0.717) is 0 Å². The maximum atomic E-state index is 11.4. The number of carbonyl (C=O) groups excluding carboxylic acids is 3. The molecule has 0 fully saturated rings. The zero-order valence-electron chi connectivity index (χ0n) is 11.9. The SMILES string of the molecule is COC(=O)CC(CNC(=O)OC(C)(C)C)C(=O)OC. The van der Waals surface area contributed by atoms with Crippen LogP contribution in [0.4, 0.5) is 4.79 Å². The third kappa shape index (κ3) is 8.01. The first-order valence-electron chi connectivity index (χ1n) is 5.81. The van der Waals surface area contributed by atoms with Gasteiger partial charge in [-0.25, -0.2) is 4.79 Å². The van der Waals surface area contributed by atoms with Gasteiger partial charge < -0.3 is 19.5 Å². The molecule has 1 N–H and O–H groups in total. The summed E-state index contributed by atoms with van der Waals surface area (Å²) in [6, 6.07) is 0. The summed E-state index contributed by atoms with van der Waals surface area (Å²) in [5.41, 5.74) is -0.632. The topological polar surface area (TPSA) is 90.9 Å². The normalized spacial score (nSPS) is 12.3. The van der Waals surface area contributed by atoms with Gasteiger partial charge >= 0.3 is 18.0 Å². The molecule has 110 valence electrons. The minimum Gasteiger partial charge on any atom is -0.469 e. The first kappa shape index (κ1) is 17.2. The number of esters is 2. The van der Waals surface area contributed by atoms with Crippen LogP contribution in [0.25, 0.3) is 0 Å². The second kappa shape index (κ2) is 7.60. The van der Waals surface area contributed by atoms with Crippen molar-refractivity contribution < 1.29 is 28.6 Å². The fraction of sp³-hybridized carbons (Fsp3) is 0.750. The van der Waals surface area contributed by atoms with Gasteiger partial charge in [0.1, 0.15) is 5.60 Å². The van der Waals surface area contributed by atoms with Crippen molar-refractivity contribution in [3.05, 3.63) is 0 Å². The third-order valence-electron chi connectivity index (χ3n) is 2.07. The molecule has 0 aromatic heterocycles. The van der Waals surface area contributed by atoms with Crippen molar-refractivity contribution in [1.29, 1.82) is 0 Å². The predicted octanol–water partition coefficient (Wildman–Crippen LogP) is 0.863. The van der Waals surface area contributed by atoms with E-state index in [4.69, 9.17) is 4.74 Å². The molecule has 0 spiro atoms. The Bertz CT molecular complexity index is 334. The van der Waals surface area contributed by atoms with Gasteiger partial charge in [-0.3, -0.25) is 9.59 Å². The fourth-order valence-electron chi connectivity index (χ4n) is 1.21. The molecule has 7 heteroatoms. The number of amides is 1. The second-order valence-electron chi connectivity index (χ2n) is 4.88. The van der Waals surface area contributed by atoms with Gasteiger partial charge in [0, 0.05) is 6.54 Å². The molecule has 0 saturated carbocycles. The van der Waals surface area contributed by atoms with Crippen LogP contribution in [-0.2, 0) is 23.8 Å². The zero-order chi connectivity index (χ0) is 15.1. The van der Waals surface area contributed by atoms with Crippen LogP contribution >= 0.6 is 0 Å². The van der Waals surface area contributed by atoms with E-state index < -0.39 is 29.6 Å². The van der Waals surface area contributed by atoms with E-state index in [-0.39, 0.29) is 13.0 Å². The minimum absolute atomic E-state index is 0.0588. The molecule has 0 bridgehead atoms. The Labute approximate surface area is 112 Å². The molecule has 1 amide bonds. The first-order valence-corrected chi connectivity index (χ1v) is 5.81. The molecule has 7 nitrogen and oxygen atoms in total. The Hall–Kier alpha value is -1.79. The molecular formula is C12H21NO6. The van der Waals surface area contributed by atoms with E-state index in [9.17, 15) is 14.4 Å². The van der Waals surface area contributed by atoms with E-state index in [2.05, 4.69) is 14.8 Å². The largest absolute Gasteiger partial charge is 0.469 e. The highest BCUT2D eigenvalue weighted by Crippen LogP contribution is 2.08. The van der Waals surface area contributed by atoms with Crippen molar-refractivity contribution in [2.75, 3.05) is 20.8 Å². The van der Waals surface area contributed by atoms with Gasteiger partial charge in [-0.05, 0) is 20.8 Å². The summed E-state index contributed by atoms with van der Waals surface area (Å²) in [5, 5.41) is 2.41. The number of alkyl carbamates (subject to hydrolysis) is 1. The highest BCUT2D eigenvalue weighted by atomic mass is 16.6. The number of ether oxygens (including phenoxy) is 3. The summed E-state index contributed by atoms with van der Waals surface area (Å²) in [7, 11) is 2.43. The van der Waals surface area contributed by atoms with Crippen LogP contribution in [0.15, 0.2) is 0 Å². The molecular weight excluding hydrogens is 254 g/mol. The molecule has 0 aromatic carbocycles. The molecule has 0 aliphatic rings. The van der Waals surface area contributed by atoms with Crippen LogP contribution in [0.3, 0.4) is 0 Å². The van der Waals surface area contributed by atoms with Crippen LogP contribution in [0.2, 0.25) is 0 Å². The lowest BCUT2D eigenvalue weighted by atomic mass is 10.1. The number of hydrogen-bond donors (Lipinski definition) is 1. The van der Waals surface area contributed by atoms with Crippen LogP contribution < -0.4 is 5.32 Å². The van der Waals surface area contributed by atoms with Crippen molar-refractivity contribution >= 4 is 18.0 Å². The predicted molar refractivity (Wildman–Crippen MR) is 66.4 cm³/mol. The van der Waals surface area contributed by atoms with Gasteiger partial charge in [-0.15, -0.1) is 0 Å². The molecule has 0 aromatic rings. The van der Waals surface area contributed by atoms with Gasteiger partial charge in [-0.1, -0.05) is 0 Å². The van der Waals surface area contributed by atoms with Crippen molar-refractivity contribution in [1.82, 2.24) is 5.32 Å². The summed E-state index contributed by atoms with van der Waals surface area (Å²) in [6.07, 6.45) is -0.829. The maximum absolute atomic E-state index is 11.4. The van der Waals surface area contributed by atoms with Gasteiger partial charge in [0.25, 0.3) is 0 Å². The molecule has 0 saturated heterocycles. The zero-order valence-corrected chi connectivity index (χ0v) is 11.9. The molecule has 0 heterocycles. The van der Waals surface area contributed by atoms with E-state index in [1.165, 1.54) is 14.2 Å². The lowest BCUT2D eigenvalue weighted by molar-refractivity contribution is -0.151. The molecule has 1 atom stereocenters. The average molecular weight is 275 g/mol. The average Bonchev–Trinajstić information content (AvgIpc) is 2.30. The number of methoxy groups -OCH3 is 2. The van der Waals surface area contributed by atoms with Gasteiger partial charge in [0.05, 0.1) is 26.6 Å². The Morgan fingerprint density at radius 1 is 1.11 bits per heavy atom. The van der Waals surface area contributed by atoms with Gasteiger partial charge in [0.2, 0.25) is 0 Å². The number of rotatable bonds is 5. The van der Waals surface area contributed by atoms with E-state index in [0.717, 1.165) is 0 Å². The van der Waals surface area contributed by atoms with Crippen LogP contribution in [-0.4, -0.2) is 44.4 Å². The smallest absolute Gasteiger partial charge is 0.407 e. The molecule has 1 unspecified atom stereocenters. The number of carbonyl (C=O) groups is 3. The molecule has 0 aliphatic heterocycles. The minimum atomic E-state index is -0.801. The summed E-state index contributed by atoms with van der Waals surface area (Å²) >= 11 is 0. The maximum Gasteiger partial charge on any atom is 0.407 e. The van der Waals surface area contributed by atoms with E-state index in [1.807, 2.05) is 0 Å². The quantitative estimate of drug-likeness (QED) is 0.591. The Morgan fingerprint density at radius 2 is 1.68 bits per heavy atom. The third-order valence-corrected chi connectivity index (χ3v) is 2.07. The van der Waals surface area contributed by atoms with Crippen molar-refractivity contribution in [2.24, 2.45) is 5.92 Å². The van der Waals surface area contributed by atoms with Gasteiger partial charge in [-0.2, -0.15) is 0 Å². The van der Waals surface area contributed by atoms with Crippen molar-refractivity contribution in [3.8, 4) is 0 Å². The lowest BCUT2D eigenvalue weighted by Gasteiger charge is -2.21. The summed E-state index contributed by atoms with van der Waals surface area (Å²) in [5.74, 6) is -1.95. The van der Waals surface area contributed by atoms with Crippen LogP contribution in [0, 0.1) is 5.92 Å².